The molecule has 4 rings (SSSR count). The highest BCUT2D eigenvalue weighted by molar-refractivity contribution is 5.79. The van der Waals surface area contributed by atoms with Crippen molar-refractivity contribution in [3.05, 3.63) is 108 Å². The Hall–Kier alpha value is -3.41. The van der Waals surface area contributed by atoms with Crippen LogP contribution >= 0.6 is 0 Å². The van der Waals surface area contributed by atoms with Crippen LogP contribution in [0.2, 0.25) is 0 Å². The molecule has 1 heterocycles. The second-order valence-electron chi connectivity index (χ2n) is 17.6. The predicted octanol–water partition coefficient (Wildman–Crippen LogP) is 16.4. The van der Waals surface area contributed by atoms with E-state index in [2.05, 4.69) is 111 Å². The van der Waals surface area contributed by atoms with Gasteiger partial charge in [-0.05, 0) is 99.3 Å². The van der Waals surface area contributed by atoms with Gasteiger partial charge in [0.05, 0.1) is 13.2 Å². The summed E-state index contributed by atoms with van der Waals surface area (Å²) in [5.74, 6) is -0.552. The minimum Gasteiger partial charge on any atom is -0.448 e. The molecule has 2 aliphatic rings. The molecule has 0 unspecified atom stereocenters. The van der Waals surface area contributed by atoms with Crippen LogP contribution in [-0.4, -0.2) is 49.7 Å². The van der Waals surface area contributed by atoms with E-state index < -0.39 is 5.79 Å². The minimum atomic E-state index is -0.617. The summed E-state index contributed by atoms with van der Waals surface area (Å²) in [4.78, 5) is 15.3. The molecule has 0 atom stereocenters. The van der Waals surface area contributed by atoms with E-state index in [-0.39, 0.29) is 12.0 Å². The summed E-state index contributed by atoms with van der Waals surface area (Å²) in [6.07, 6.45) is 49.4. The Morgan fingerprint density at radius 2 is 0.934 bits per heavy atom. The molecule has 1 fully saturated rings. The Morgan fingerprint density at radius 3 is 1.38 bits per heavy atom. The van der Waals surface area contributed by atoms with Gasteiger partial charge in [-0.2, -0.15) is 0 Å². The van der Waals surface area contributed by atoms with Crippen molar-refractivity contribution in [3.63, 3.8) is 0 Å². The molecule has 5 heteroatoms. The third kappa shape index (κ3) is 20.1. The van der Waals surface area contributed by atoms with E-state index in [1.165, 1.54) is 151 Å². The molecule has 1 aliphatic carbocycles. The van der Waals surface area contributed by atoms with E-state index in [1.807, 2.05) is 4.90 Å². The maximum absolute atomic E-state index is 13.5. The normalized spacial score (nSPS) is 15.2. The predicted molar refractivity (Wildman–Crippen MR) is 259 cm³/mol. The molecule has 61 heavy (non-hydrogen) atoms. The standard InChI is InChI=1S/C56H85NO4/c1-3-5-7-9-11-13-15-17-19-21-23-25-27-29-31-37-47-60-56(61-48-38-32-30-28-26-24-22-20-18-16-14-12-10-8-6-4-2)43-45-57(46-44-56)55(58)59-49-54-52-41-35-33-39-50(52)51-40-34-36-42-53(51)54/h11-14,17-20,33-36,39-42,54H,3-10,15-16,21-32,37-38,43-49H2,1-2H3. The Bertz CT molecular complexity index is 1450. The van der Waals surface area contributed by atoms with E-state index >= 15 is 0 Å². The van der Waals surface area contributed by atoms with Crippen LogP contribution in [-0.2, 0) is 14.2 Å². The zero-order valence-corrected chi connectivity index (χ0v) is 38.8. The molecule has 2 aromatic carbocycles. The molecular formula is C56H85NO4. The summed E-state index contributed by atoms with van der Waals surface area (Å²) in [5.41, 5.74) is 4.97. The molecule has 5 nitrogen and oxygen atoms in total. The van der Waals surface area contributed by atoms with Gasteiger partial charge in [0.2, 0.25) is 0 Å². The smallest absolute Gasteiger partial charge is 0.409 e. The summed E-state index contributed by atoms with van der Waals surface area (Å²) < 4.78 is 19.3. The number of piperidine rings is 1. The van der Waals surface area contributed by atoms with Gasteiger partial charge in [-0.25, -0.2) is 4.79 Å². The zero-order valence-electron chi connectivity index (χ0n) is 38.8. The number of fused-ring (bicyclic) bond motifs is 3. The highest BCUT2D eigenvalue weighted by Gasteiger charge is 2.39. The van der Waals surface area contributed by atoms with Gasteiger partial charge in [0, 0.05) is 31.8 Å². The number of nitrogens with zero attached hydrogens (tertiary/aromatic N) is 1. The first kappa shape index (κ1) is 50.2. The molecule has 0 bridgehead atoms. The lowest BCUT2D eigenvalue weighted by atomic mass is 9.98. The topological polar surface area (TPSA) is 48.0 Å². The van der Waals surface area contributed by atoms with Gasteiger partial charge in [-0.15, -0.1) is 0 Å². The van der Waals surface area contributed by atoms with Crippen molar-refractivity contribution in [2.45, 2.75) is 192 Å². The zero-order chi connectivity index (χ0) is 42.9. The lowest BCUT2D eigenvalue weighted by molar-refractivity contribution is -0.256. The molecule has 1 aliphatic heterocycles. The molecule has 338 valence electrons. The molecule has 0 saturated carbocycles. The van der Waals surface area contributed by atoms with E-state index in [0.29, 0.717) is 45.8 Å². The van der Waals surface area contributed by atoms with Gasteiger partial charge < -0.3 is 19.1 Å². The van der Waals surface area contributed by atoms with E-state index in [4.69, 9.17) is 14.2 Å². The Labute approximate surface area is 373 Å². The van der Waals surface area contributed by atoms with Gasteiger partial charge in [-0.1, -0.05) is 188 Å². The average Bonchev–Trinajstić information content (AvgIpc) is 3.61. The van der Waals surface area contributed by atoms with Crippen LogP contribution in [0.5, 0.6) is 0 Å². The maximum Gasteiger partial charge on any atom is 0.409 e. The number of amides is 1. The van der Waals surface area contributed by atoms with Crippen LogP contribution in [0.15, 0.2) is 97.1 Å². The number of likely N-dealkylation sites (tertiary alicyclic amines) is 1. The summed E-state index contributed by atoms with van der Waals surface area (Å²) in [7, 11) is 0. The van der Waals surface area contributed by atoms with Crippen molar-refractivity contribution < 1.29 is 19.0 Å². The van der Waals surface area contributed by atoms with Crippen LogP contribution < -0.4 is 0 Å². The fourth-order valence-corrected chi connectivity index (χ4v) is 8.74. The highest BCUT2D eigenvalue weighted by atomic mass is 16.7. The monoisotopic (exact) mass is 836 g/mol. The van der Waals surface area contributed by atoms with Crippen molar-refractivity contribution in [2.24, 2.45) is 0 Å². The quantitative estimate of drug-likeness (QED) is 0.0400. The average molecular weight is 836 g/mol. The third-order valence-electron chi connectivity index (χ3n) is 12.5. The number of carbonyl (C=O) groups excluding carboxylic acids is 1. The number of allylic oxidation sites excluding steroid dienone is 8. The highest BCUT2D eigenvalue weighted by Crippen LogP contribution is 2.44. The molecule has 2 aromatic rings. The molecular weight excluding hydrogens is 751 g/mol. The van der Waals surface area contributed by atoms with Crippen LogP contribution in [0.4, 0.5) is 4.79 Å². The fraction of sp³-hybridized carbons (Fsp3) is 0.625. The second-order valence-corrected chi connectivity index (χ2v) is 17.6. The lowest BCUT2D eigenvalue weighted by Gasteiger charge is -2.41. The maximum atomic E-state index is 13.5. The first-order chi connectivity index (χ1) is 30.2. The number of rotatable bonds is 34. The van der Waals surface area contributed by atoms with Gasteiger partial charge in [0.25, 0.3) is 0 Å². The van der Waals surface area contributed by atoms with Crippen LogP contribution in [0.1, 0.15) is 198 Å². The first-order valence-electron chi connectivity index (χ1n) is 25.1. The lowest BCUT2D eigenvalue weighted by Crippen LogP contribution is -2.50. The molecule has 0 aromatic heterocycles. The SMILES string of the molecule is CCCCCC=CCC=CCCCCCCCCOC1(OCCCCCCCCC=CCC=CCCCCC)CCN(C(=O)OCC2c3ccccc3-c3ccccc32)CC1. The van der Waals surface area contributed by atoms with Gasteiger partial charge in [0.15, 0.2) is 5.79 Å². The molecule has 1 amide bonds. The molecule has 0 spiro atoms. The van der Waals surface area contributed by atoms with Crippen LogP contribution in [0.25, 0.3) is 11.1 Å². The summed E-state index contributed by atoms with van der Waals surface area (Å²) in [6, 6.07) is 17.0. The molecule has 1 saturated heterocycles. The Kier molecular flexibility index (Phi) is 26.6. The van der Waals surface area contributed by atoms with Gasteiger partial charge >= 0.3 is 6.09 Å². The third-order valence-corrected chi connectivity index (χ3v) is 12.5. The van der Waals surface area contributed by atoms with E-state index in [1.54, 1.807) is 0 Å². The van der Waals surface area contributed by atoms with Gasteiger partial charge in [0.1, 0.15) is 6.61 Å². The second kappa shape index (κ2) is 32.3. The molecule has 0 N–H and O–H groups in total. The minimum absolute atomic E-state index is 0.0651. The van der Waals surface area contributed by atoms with Crippen molar-refractivity contribution in [1.29, 1.82) is 0 Å². The van der Waals surface area contributed by atoms with E-state index in [9.17, 15) is 4.79 Å². The fourth-order valence-electron chi connectivity index (χ4n) is 8.74. The first-order valence-corrected chi connectivity index (χ1v) is 25.1. The number of benzene rings is 2. The van der Waals surface area contributed by atoms with Crippen molar-refractivity contribution >= 4 is 6.09 Å². The number of unbranched alkanes of at least 4 members (excludes halogenated alkanes) is 18. The van der Waals surface area contributed by atoms with Crippen molar-refractivity contribution in [1.82, 2.24) is 4.90 Å². The summed E-state index contributed by atoms with van der Waals surface area (Å²) in [6.45, 7) is 7.47. The van der Waals surface area contributed by atoms with Crippen LogP contribution in [0.3, 0.4) is 0 Å². The van der Waals surface area contributed by atoms with E-state index in [0.717, 1.165) is 25.7 Å². The largest absolute Gasteiger partial charge is 0.448 e. The summed E-state index contributed by atoms with van der Waals surface area (Å²) in [5, 5.41) is 0. The van der Waals surface area contributed by atoms with Crippen molar-refractivity contribution in [2.75, 3.05) is 32.9 Å². The number of carbonyl (C=O) groups is 1. The number of hydrogen-bond acceptors (Lipinski definition) is 4. The summed E-state index contributed by atoms with van der Waals surface area (Å²) >= 11 is 0. The van der Waals surface area contributed by atoms with Gasteiger partial charge in [-0.3, -0.25) is 0 Å². The Balaban J connectivity index is 1.12. The number of hydrogen-bond donors (Lipinski definition) is 0. The van der Waals surface area contributed by atoms with Crippen molar-refractivity contribution in [3.8, 4) is 11.1 Å². The molecule has 0 radical (unpaired) electrons. The van der Waals surface area contributed by atoms with Crippen LogP contribution in [0, 0.1) is 0 Å². The number of ether oxygens (including phenoxy) is 3. The Morgan fingerprint density at radius 1 is 0.541 bits per heavy atom.